The number of carboxylic acid groups (broad SMARTS) is 1. The van der Waals surface area contributed by atoms with Crippen molar-refractivity contribution in [2.24, 2.45) is 12.5 Å². The van der Waals surface area contributed by atoms with Crippen LogP contribution in [0.15, 0.2) is 6.07 Å². The van der Waals surface area contributed by atoms with Gasteiger partial charge in [-0.15, -0.1) is 0 Å². The largest absolute Gasteiger partial charge is 0.481 e. The highest BCUT2D eigenvalue weighted by Gasteiger charge is 2.28. The molecule has 0 saturated heterocycles. The zero-order valence-corrected chi connectivity index (χ0v) is 12.0. The minimum atomic E-state index is -0.991. The number of hydrogen-bond acceptors (Lipinski definition) is 3. The maximum Gasteiger partial charge on any atom is 0.310 e. The maximum absolute atomic E-state index is 12.0. The highest BCUT2D eigenvalue weighted by Crippen LogP contribution is 2.15. The fraction of sp³-hybridized carbons (Fsp3) is 0.615. The lowest BCUT2D eigenvalue weighted by atomic mass is 9.94. The van der Waals surface area contributed by atoms with Gasteiger partial charge in [-0.3, -0.25) is 14.3 Å². The lowest BCUT2D eigenvalue weighted by Crippen LogP contribution is -2.39. The van der Waals surface area contributed by atoms with Crippen molar-refractivity contribution >= 4 is 11.9 Å². The second kappa shape index (κ2) is 5.42. The molecule has 1 heterocycles. The van der Waals surface area contributed by atoms with E-state index in [1.54, 1.807) is 27.0 Å². The number of aryl methyl sites for hydroxylation is 1. The quantitative estimate of drug-likeness (QED) is 0.844. The molecule has 1 aromatic heterocycles. The van der Waals surface area contributed by atoms with Crippen molar-refractivity contribution in [2.45, 2.75) is 33.6 Å². The fourth-order valence-electron chi connectivity index (χ4n) is 1.45. The van der Waals surface area contributed by atoms with Crippen molar-refractivity contribution in [3.8, 4) is 0 Å². The second-order valence-corrected chi connectivity index (χ2v) is 5.60. The molecule has 0 atom stereocenters. The van der Waals surface area contributed by atoms with Gasteiger partial charge >= 0.3 is 5.97 Å². The smallest absolute Gasteiger partial charge is 0.310 e. The van der Waals surface area contributed by atoms with Gasteiger partial charge in [0, 0.05) is 13.6 Å². The molecule has 106 valence electrons. The Hall–Kier alpha value is -1.85. The van der Waals surface area contributed by atoms with Crippen LogP contribution in [0.25, 0.3) is 0 Å². The van der Waals surface area contributed by atoms with Crippen LogP contribution in [0.3, 0.4) is 0 Å². The molecule has 1 rings (SSSR count). The number of carboxylic acids is 1. The molecule has 0 spiro atoms. The van der Waals surface area contributed by atoms with Crippen molar-refractivity contribution in [2.75, 3.05) is 6.54 Å². The van der Waals surface area contributed by atoms with Crippen LogP contribution in [-0.2, 0) is 11.8 Å². The number of hydrogen-bond donors (Lipinski definition) is 2. The number of nitrogens with zero attached hydrogens (tertiary/aromatic N) is 2. The highest BCUT2D eigenvalue weighted by molar-refractivity contribution is 5.93. The number of carbonyl (C=O) groups is 2. The molecule has 0 aromatic carbocycles. The van der Waals surface area contributed by atoms with Gasteiger partial charge in [-0.25, -0.2) is 0 Å². The molecule has 0 aliphatic rings. The van der Waals surface area contributed by atoms with Gasteiger partial charge in [0.05, 0.1) is 11.1 Å². The van der Waals surface area contributed by atoms with E-state index in [9.17, 15) is 9.59 Å². The molecule has 0 saturated carbocycles. The minimum Gasteiger partial charge on any atom is -0.481 e. The summed E-state index contributed by atoms with van der Waals surface area (Å²) in [6.45, 7) is 7.20. The number of aliphatic carboxylic acids is 1. The van der Waals surface area contributed by atoms with E-state index < -0.39 is 11.4 Å². The van der Waals surface area contributed by atoms with Crippen molar-refractivity contribution in [3.63, 3.8) is 0 Å². The van der Waals surface area contributed by atoms with Gasteiger partial charge in [0.15, 0.2) is 0 Å². The summed E-state index contributed by atoms with van der Waals surface area (Å²) >= 11 is 0. The normalized spacial score (nSPS) is 11.7. The van der Waals surface area contributed by atoms with E-state index in [4.69, 9.17) is 5.11 Å². The molecular formula is C13H21N3O3. The summed E-state index contributed by atoms with van der Waals surface area (Å²) in [4.78, 5) is 23.0. The van der Waals surface area contributed by atoms with Crippen LogP contribution in [0.2, 0.25) is 0 Å². The third kappa shape index (κ3) is 3.56. The molecule has 0 fully saturated rings. The summed E-state index contributed by atoms with van der Waals surface area (Å²) in [5, 5.41) is 15.9. The first kappa shape index (κ1) is 15.2. The Balaban J connectivity index is 2.77. The number of nitrogens with one attached hydrogen (secondary N) is 1. The van der Waals surface area contributed by atoms with Crippen LogP contribution in [-0.4, -0.2) is 33.3 Å². The molecule has 0 unspecified atom stereocenters. The van der Waals surface area contributed by atoms with E-state index >= 15 is 0 Å². The lowest BCUT2D eigenvalue weighted by Gasteiger charge is -2.19. The van der Waals surface area contributed by atoms with Crippen molar-refractivity contribution in [3.05, 3.63) is 17.5 Å². The van der Waals surface area contributed by atoms with Gasteiger partial charge < -0.3 is 10.4 Å². The first-order valence-electron chi connectivity index (χ1n) is 6.20. The number of rotatable bonds is 5. The van der Waals surface area contributed by atoms with E-state index in [2.05, 4.69) is 10.4 Å². The SMILES string of the molecule is CC(C)c1cc(C(=O)NCC(C)(C)C(=O)O)n(C)n1. The standard InChI is InChI=1S/C13H21N3O3/c1-8(2)9-6-10(16(5)15-9)11(17)14-7-13(3,4)12(18)19/h6,8H,7H2,1-5H3,(H,14,17)(H,18,19). The van der Waals surface area contributed by atoms with Crippen LogP contribution < -0.4 is 5.32 Å². The average Bonchev–Trinajstić information content (AvgIpc) is 2.68. The van der Waals surface area contributed by atoms with E-state index in [1.807, 2.05) is 13.8 Å². The molecule has 0 aliphatic carbocycles. The predicted molar refractivity (Wildman–Crippen MR) is 71.0 cm³/mol. The predicted octanol–water partition coefficient (Wildman–Crippen LogP) is 1.38. The zero-order chi connectivity index (χ0) is 14.8. The Kier molecular flexibility index (Phi) is 4.34. The van der Waals surface area contributed by atoms with Gasteiger partial charge in [0.25, 0.3) is 5.91 Å². The van der Waals surface area contributed by atoms with Gasteiger partial charge in [-0.1, -0.05) is 13.8 Å². The van der Waals surface area contributed by atoms with Crippen LogP contribution in [0.1, 0.15) is 49.8 Å². The van der Waals surface area contributed by atoms with Crippen molar-refractivity contribution < 1.29 is 14.7 Å². The molecule has 1 aromatic rings. The summed E-state index contributed by atoms with van der Waals surface area (Å²) in [7, 11) is 1.70. The molecule has 0 bridgehead atoms. The monoisotopic (exact) mass is 267 g/mol. The van der Waals surface area contributed by atoms with Gasteiger partial charge in [0.1, 0.15) is 5.69 Å². The minimum absolute atomic E-state index is 0.0728. The lowest BCUT2D eigenvalue weighted by molar-refractivity contribution is -0.146. The molecule has 2 N–H and O–H groups in total. The third-order valence-electron chi connectivity index (χ3n) is 2.99. The summed E-state index contributed by atoms with van der Waals surface area (Å²) in [5.41, 5.74) is 0.282. The van der Waals surface area contributed by atoms with Crippen molar-refractivity contribution in [1.82, 2.24) is 15.1 Å². The summed E-state index contributed by atoms with van der Waals surface area (Å²) in [6.07, 6.45) is 0. The van der Waals surface area contributed by atoms with E-state index in [1.165, 1.54) is 4.68 Å². The molecular weight excluding hydrogens is 246 g/mol. The van der Waals surface area contributed by atoms with Gasteiger partial charge in [-0.2, -0.15) is 5.10 Å². The summed E-state index contributed by atoms with van der Waals surface area (Å²) in [6, 6.07) is 1.73. The van der Waals surface area contributed by atoms with Crippen molar-refractivity contribution in [1.29, 1.82) is 0 Å². The molecule has 6 nitrogen and oxygen atoms in total. The van der Waals surface area contributed by atoms with Crippen LogP contribution in [0.5, 0.6) is 0 Å². The fourth-order valence-corrected chi connectivity index (χ4v) is 1.45. The van der Waals surface area contributed by atoms with E-state index in [-0.39, 0.29) is 18.4 Å². The van der Waals surface area contributed by atoms with E-state index in [0.717, 1.165) is 5.69 Å². The first-order chi connectivity index (χ1) is 8.65. The molecule has 6 heteroatoms. The van der Waals surface area contributed by atoms with Crippen LogP contribution in [0, 0.1) is 5.41 Å². The maximum atomic E-state index is 12.0. The van der Waals surface area contributed by atoms with Crippen LogP contribution in [0.4, 0.5) is 0 Å². The zero-order valence-electron chi connectivity index (χ0n) is 12.0. The van der Waals surface area contributed by atoms with Crippen LogP contribution >= 0.6 is 0 Å². The third-order valence-corrected chi connectivity index (χ3v) is 2.99. The number of aromatic nitrogens is 2. The van der Waals surface area contributed by atoms with E-state index in [0.29, 0.717) is 5.69 Å². The molecule has 1 amide bonds. The number of carbonyl (C=O) groups excluding carboxylic acids is 1. The Labute approximate surface area is 112 Å². The first-order valence-corrected chi connectivity index (χ1v) is 6.20. The second-order valence-electron chi connectivity index (χ2n) is 5.60. The molecule has 0 aliphatic heterocycles. The Morgan fingerprint density at radius 2 is 2.05 bits per heavy atom. The number of amides is 1. The van der Waals surface area contributed by atoms with Gasteiger partial charge in [0.2, 0.25) is 0 Å². The average molecular weight is 267 g/mol. The topological polar surface area (TPSA) is 84.2 Å². The highest BCUT2D eigenvalue weighted by atomic mass is 16.4. The Morgan fingerprint density at radius 3 is 2.47 bits per heavy atom. The summed E-state index contributed by atoms with van der Waals surface area (Å²) in [5.74, 6) is -1.01. The molecule has 0 radical (unpaired) electrons. The summed E-state index contributed by atoms with van der Waals surface area (Å²) < 4.78 is 1.51. The molecule has 19 heavy (non-hydrogen) atoms. The van der Waals surface area contributed by atoms with Gasteiger partial charge in [-0.05, 0) is 25.8 Å². The Morgan fingerprint density at radius 1 is 1.47 bits per heavy atom. The Bertz CT molecular complexity index is 489.